The molecular formula is C26H30F3N3O2. The van der Waals surface area contributed by atoms with E-state index in [0.717, 1.165) is 24.5 Å². The van der Waals surface area contributed by atoms with Crippen LogP contribution in [0.25, 0.3) is 0 Å². The number of piperidine rings is 1. The third-order valence-corrected chi connectivity index (χ3v) is 7.13. The first-order valence-corrected chi connectivity index (χ1v) is 11.8. The fraction of sp³-hybridized carbons (Fsp3) is 0.462. The van der Waals surface area contributed by atoms with Crippen LogP contribution in [0.15, 0.2) is 42.5 Å². The lowest BCUT2D eigenvalue weighted by atomic mass is 9.82. The number of benzene rings is 2. The molecule has 2 aliphatic heterocycles. The number of carbonyl (C=O) groups excluding carboxylic acids is 2. The summed E-state index contributed by atoms with van der Waals surface area (Å²) < 4.78 is 40.8. The summed E-state index contributed by atoms with van der Waals surface area (Å²) in [5, 5.41) is 2.74. The normalized spacial score (nSPS) is 22.5. The fourth-order valence-electron chi connectivity index (χ4n) is 5.37. The van der Waals surface area contributed by atoms with Crippen LogP contribution in [0.2, 0.25) is 0 Å². The van der Waals surface area contributed by atoms with Crippen LogP contribution >= 0.6 is 0 Å². The van der Waals surface area contributed by atoms with E-state index in [2.05, 4.69) is 5.32 Å². The minimum absolute atomic E-state index is 0.0262. The summed E-state index contributed by atoms with van der Waals surface area (Å²) in [7, 11) is 0. The van der Waals surface area contributed by atoms with E-state index in [9.17, 15) is 22.8 Å². The summed E-state index contributed by atoms with van der Waals surface area (Å²) in [4.78, 5) is 26.9. The van der Waals surface area contributed by atoms with Gasteiger partial charge in [-0.2, -0.15) is 0 Å². The number of amides is 2. The molecule has 2 heterocycles. The Morgan fingerprint density at radius 1 is 1.00 bits per heavy atom. The quantitative estimate of drug-likeness (QED) is 0.577. The Labute approximate surface area is 197 Å². The van der Waals surface area contributed by atoms with E-state index in [-0.39, 0.29) is 48.3 Å². The van der Waals surface area contributed by atoms with Crippen LogP contribution in [0.1, 0.15) is 43.2 Å². The largest absolute Gasteiger partial charge is 0.347 e. The maximum Gasteiger partial charge on any atom is 0.242 e. The maximum atomic E-state index is 14.0. The number of rotatable bonds is 8. The molecule has 2 aromatic rings. The third-order valence-electron chi connectivity index (χ3n) is 7.13. The number of fused-ring (bicyclic) bond motifs is 2. The number of nitrogens with one attached hydrogen (secondary N) is 1. The topological polar surface area (TPSA) is 75.4 Å². The molecule has 0 saturated carbocycles. The van der Waals surface area contributed by atoms with Crippen LogP contribution in [0.4, 0.5) is 13.2 Å². The Balaban J connectivity index is 1.27. The van der Waals surface area contributed by atoms with Gasteiger partial charge in [0, 0.05) is 30.6 Å². The fourth-order valence-corrected chi connectivity index (χ4v) is 5.37. The van der Waals surface area contributed by atoms with Crippen molar-refractivity contribution in [2.45, 2.75) is 63.1 Å². The molecule has 5 nitrogen and oxygen atoms in total. The lowest BCUT2D eigenvalue weighted by Crippen LogP contribution is -2.52. The minimum atomic E-state index is -1.22. The van der Waals surface area contributed by atoms with Crippen molar-refractivity contribution in [1.29, 1.82) is 0 Å². The zero-order chi connectivity index (χ0) is 24.2. The Kier molecular flexibility index (Phi) is 7.56. The third kappa shape index (κ3) is 5.60. The first-order valence-electron chi connectivity index (χ1n) is 11.8. The van der Waals surface area contributed by atoms with Crippen molar-refractivity contribution in [1.82, 2.24) is 10.2 Å². The smallest absolute Gasteiger partial charge is 0.242 e. The Morgan fingerprint density at radius 2 is 1.65 bits per heavy atom. The Morgan fingerprint density at radius 3 is 2.32 bits per heavy atom. The monoisotopic (exact) mass is 473 g/mol. The van der Waals surface area contributed by atoms with Gasteiger partial charge in [-0.05, 0) is 61.6 Å². The lowest BCUT2D eigenvalue weighted by molar-refractivity contribution is -0.137. The molecular weight excluding hydrogens is 443 g/mol. The maximum absolute atomic E-state index is 14.0. The molecule has 0 radical (unpaired) electrons. The second-order valence-electron chi connectivity index (χ2n) is 9.41. The Hall–Kier alpha value is -2.87. The van der Waals surface area contributed by atoms with Gasteiger partial charge in [-0.1, -0.05) is 30.3 Å². The summed E-state index contributed by atoms with van der Waals surface area (Å²) in [6.45, 7) is -0.0303. The highest BCUT2D eigenvalue weighted by Gasteiger charge is 2.44. The second-order valence-corrected chi connectivity index (χ2v) is 9.41. The molecule has 0 aromatic heterocycles. The van der Waals surface area contributed by atoms with Gasteiger partial charge >= 0.3 is 0 Å². The van der Waals surface area contributed by atoms with Gasteiger partial charge in [0.25, 0.3) is 0 Å². The molecule has 2 aliphatic rings. The summed E-state index contributed by atoms with van der Waals surface area (Å²) in [6.07, 6.45) is 4.13. The molecule has 3 N–H and O–H groups in total. The van der Waals surface area contributed by atoms with E-state index >= 15 is 0 Å². The predicted molar refractivity (Wildman–Crippen MR) is 122 cm³/mol. The molecule has 0 unspecified atom stereocenters. The van der Waals surface area contributed by atoms with Gasteiger partial charge in [-0.15, -0.1) is 0 Å². The number of carbonyl (C=O) groups is 2. The SMILES string of the molecule is N[C@H](Cc1cc(F)c(F)cc1F)C1C[C@H]2CC[C@H](C1)N2C(=O)CNC(=O)CCc1ccccc1. The summed E-state index contributed by atoms with van der Waals surface area (Å²) in [6, 6.07) is 10.8. The van der Waals surface area contributed by atoms with E-state index in [1.54, 1.807) is 0 Å². The van der Waals surface area contributed by atoms with Gasteiger partial charge < -0.3 is 16.0 Å². The van der Waals surface area contributed by atoms with Gasteiger partial charge in [0.15, 0.2) is 11.6 Å². The molecule has 0 aliphatic carbocycles. The highest BCUT2D eigenvalue weighted by atomic mass is 19.2. The zero-order valence-corrected chi connectivity index (χ0v) is 19.0. The van der Waals surface area contributed by atoms with Crippen molar-refractivity contribution in [2.75, 3.05) is 6.54 Å². The van der Waals surface area contributed by atoms with Crippen LogP contribution in [-0.4, -0.2) is 41.4 Å². The molecule has 34 heavy (non-hydrogen) atoms. The number of aryl methyl sites for hydroxylation is 1. The van der Waals surface area contributed by atoms with Gasteiger partial charge in [0.2, 0.25) is 11.8 Å². The molecule has 182 valence electrons. The summed E-state index contributed by atoms with van der Waals surface area (Å²) in [5.41, 5.74) is 7.49. The van der Waals surface area contributed by atoms with Crippen molar-refractivity contribution in [3.05, 3.63) is 71.0 Å². The van der Waals surface area contributed by atoms with Gasteiger partial charge in [0.05, 0.1) is 6.54 Å². The summed E-state index contributed by atoms with van der Waals surface area (Å²) in [5.74, 6) is -3.31. The van der Waals surface area contributed by atoms with Crippen LogP contribution in [0, 0.1) is 23.4 Å². The summed E-state index contributed by atoms with van der Waals surface area (Å²) >= 11 is 0. The van der Waals surface area contributed by atoms with Gasteiger partial charge in [0.1, 0.15) is 5.82 Å². The predicted octanol–water partition coefficient (Wildman–Crippen LogP) is 3.49. The van der Waals surface area contributed by atoms with Crippen LogP contribution in [0.3, 0.4) is 0 Å². The van der Waals surface area contributed by atoms with Crippen LogP contribution < -0.4 is 11.1 Å². The molecule has 3 atom stereocenters. The number of hydrogen-bond donors (Lipinski definition) is 2. The van der Waals surface area contributed by atoms with E-state index in [4.69, 9.17) is 5.73 Å². The number of halogens is 3. The molecule has 2 bridgehead atoms. The average molecular weight is 474 g/mol. The van der Waals surface area contributed by atoms with Crippen molar-refractivity contribution in [3.8, 4) is 0 Å². The molecule has 2 fully saturated rings. The highest BCUT2D eigenvalue weighted by Crippen LogP contribution is 2.40. The molecule has 0 spiro atoms. The molecule has 4 rings (SSSR count). The van der Waals surface area contributed by atoms with Crippen molar-refractivity contribution < 1.29 is 22.8 Å². The van der Waals surface area contributed by atoms with Crippen molar-refractivity contribution in [3.63, 3.8) is 0 Å². The van der Waals surface area contributed by atoms with E-state index < -0.39 is 23.5 Å². The van der Waals surface area contributed by atoms with Gasteiger partial charge in [-0.3, -0.25) is 9.59 Å². The van der Waals surface area contributed by atoms with E-state index in [1.165, 1.54) is 0 Å². The number of nitrogens with two attached hydrogens (primary N) is 1. The molecule has 2 amide bonds. The molecule has 2 aromatic carbocycles. The Bertz CT molecular complexity index is 1020. The first-order chi connectivity index (χ1) is 16.3. The van der Waals surface area contributed by atoms with Crippen LogP contribution in [0.5, 0.6) is 0 Å². The van der Waals surface area contributed by atoms with Crippen molar-refractivity contribution in [2.24, 2.45) is 11.7 Å². The number of hydrogen-bond acceptors (Lipinski definition) is 3. The van der Waals surface area contributed by atoms with E-state index in [1.807, 2.05) is 35.2 Å². The van der Waals surface area contributed by atoms with Crippen LogP contribution in [-0.2, 0) is 22.4 Å². The van der Waals surface area contributed by atoms with Gasteiger partial charge in [-0.25, -0.2) is 13.2 Å². The highest BCUT2D eigenvalue weighted by molar-refractivity contribution is 5.85. The lowest BCUT2D eigenvalue weighted by Gasteiger charge is -2.41. The zero-order valence-electron chi connectivity index (χ0n) is 19.0. The number of nitrogens with zero attached hydrogens (tertiary/aromatic N) is 1. The molecule has 8 heteroatoms. The van der Waals surface area contributed by atoms with Crippen molar-refractivity contribution >= 4 is 11.8 Å². The van der Waals surface area contributed by atoms with E-state index in [0.29, 0.717) is 31.7 Å². The first kappa shape index (κ1) is 24.3. The average Bonchev–Trinajstić information content (AvgIpc) is 3.09. The molecule has 2 saturated heterocycles. The second kappa shape index (κ2) is 10.6. The minimum Gasteiger partial charge on any atom is -0.347 e. The standard InChI is InChI=1S/C26H30F3N3O2/c27-21-14-23(29)22(28)12-17(21)13-24(30)18-10-19-7-8-20(11-18)32(19)26(34)15-31-25(33)9-6-16-4-2-1-3-5-16/h1-5,12,14,18-20,24H,6-11,13,15,30H2,(H,31,33)/t19-,20-,24-/m1/s1.